The first-order valence-corrected chi connectivity index (χ1v) is 15.2. The predicted molar refractivity (Wildman–Crippen MR) is 171 cm³/mol. The molecule has 1 aliphatic heterocycles. The van der Waals surface area contributed by atoms with Crippen molar-refractivity contribution in [3.8, 4) is 34.1 Å². The third-order valence-electron chi connectivity index (χ3n) is 8.48. The minimum atomic E-state index is -0.520. The summed E-state index contributed by atoms with van der Waals surface area (Å²) in [5.74, 6) is 2.99. The molecule has 9 rings (SSSR count). The van der Waals surface area contributed by atoms with Gasteiger partial charge in [0.1, 0.15) is 0 Å². The zero-order chi connectivity index (χ0) is 27.1. The van der Waals surface area contributed by atoms with Gasteiger partial charge in [-0.25, -0.2) is 0 Å². The molecule has 7 aromatic rings. The van der Waals surface area contributed by atoms with Crippen LogP contribution in [-0.4, -0.2) is 0 Å². The van der Waals surface area contributed by atoms with E-state index in [4.69, 9.17) is 9.47 Å². The number of ether oxygens (including phenoxy) is 2. The lowest BCUT2D eigenvalue weighted by Crippen LogP contribution is -2.28. The Morgan fingerprint density at radius 2 is 1.24 bits per heavy atom. The molecule has 0 saturated heterocycles. The van der Waals surface area contributed by atoms with Crippen LogP contribution < -0.4 is 9.47 Å². The van der Waals surface area contributed by atoms with Crippen molar-refractivity contribution in [2.75, 3.05) is 0 Å². The molecule has 2 aliphatic rings. The maximum atomic E-state index is 6.64. The number of hydrogen-bond donors (Lipinski definition) is 0. The fourth-order valence-corrected chi connectivity index (χ4v) is 8.50. The van der Waals surface area contributed by atoms with Crippen LogP contribution in [0.15, 0.2) is 132 Å². The molecule has 2 heterocycles. The summed E-state index contributed by atoms with van der Waals surface area (Å²) < 4.78 is 16.7. The van der Waals surface area contributed by atoms with E-state index in [1.54, 1.807) is 0 Å². The molecule has 0 spiro atoms. The molecule has 1 aromatic heterocycles. The number of fused-ring (bicyclic) bond motifs is 9. The van der Waals surface area contributed by atoms with E-state index in [0.29, 0.717) is 0 Å². The van der Waals surface area contributed by atoms with Gasteiger partial charge in [0.15, 0.2) is 23.0 Å². The first-order valence-electron chi connectivity index (χ1n) is 13.6. The summed E-state index contributed by atoms with van der Waals surface area (Å²) in [7, 11) is 0. The predicted octanol–water partition coefficient (Wildman–Crippen LogP) is 11.1. The van der Waals surface area contributed by atoms with Crippen molar-refractivity contribution in [1.82, 2.24) is 0 Å². The highest BCUT2D eigenvalue weighted by molar-refractivity contribution is 9.10. The van der Waals surface area contributed by atoms with Crippen molar-refractivity contribution >= 4 is 47.4 Å². The smallest absolute Gasteiger partial charge is 0.178 e. The lowest BCUT2D eigenvalue weighted by Gasteiger charge is -2.34. The summed E-state index contributed by atoms with van der Waals surface area (Å²) in [5.41, 5.74) is 6.67. The number of thiophene rings is 1. The second-order valence-electron chi connectivity index (χ2n) is 10.6. The topological polar surface area (TPSA) is 18.5 Å². The van der Waals surface area contributed by atoms with Crippen LogP contribution in [0.1, 0.15) is 22.3 Å². The molecule has 6 aromatic carbocycles. The molecule has 0 amide bonds. The van der Waals surface area contributed by atoms with Crippen LogP contribution in [0, 0.1) is 0 Å². The molecule has 1 unspecified atom stereocenters. The highest BCUT2D eigenvalue weighted by atomic mass is 79.9. The molecule has 0 radical (unpaired) electrons. The maximum absolute atomic E-state index is 6.64. The highest BCUT2D eigenvalue weighted by Crippen LogP contribution is 2.62. The monoisotopic (exact) mass is 608 g/mol. The Hall–Kier alpha value is -4.38. The van der Waals surface area contributed by atoms with Crippen LogP contribution >= 0.6 is 27.3 Å². The van der Waals surface area contributed by atoms with Gasteiger partial charge in [-0.3, -0.25) is 0 Å². The number of halogens is 1. The molecule has 0 fully saturated rings. The summed E-state index contributed by atoms with van der Waals surface area (Å²) in [5, 5.41) is 2.58. The van der Waals surface area contributed by atoms with Crippen molar-refractivity contribution in [1.29, 1.82) is 0 Å². The Balaban J connectivity index is 1.38. The minimum absolute atomic E-state index is 0.520. The van der Waals surface area contributed by atoms with Crippen molar-refractivity contribution in [2.45, 2.75) is 5.41 Å². The van der Waals surface area contributed by atoms with E-state index in [0.717, 1.165) is 33.0 Å². The Morgan fingerprint density at radius 3 is 2.10 bits per heavy atom. The first kappa shape index (κ1) is 23.3. The van der Waals surface area contributed by atoms with E-state index in [9.17, 15) is 0 Å². The van der Waals surface area contributed by atoms with Crippen LogP contribution in [-0.2, 0) is 5.41 Å². The van der Waals surface area contributed by atoms with Crippen molar-refractivity contribution in [3.05, 3.63) is 154 Å². The average molecular weight is 610 g/mol. The van der Waals surface area contributed by atoms with Gasteiger partial charge in [0.2, 0.25) is 0 Å². The zero-order valence-electron chi connectivity index (χ0n) is 21.7. The van der Waals surface area contributed by atoms with Gasteiger partial charge >= 0.3 is 0 Å². The highest BCUT2D eigenvalue weighted by Gasteiger charge is 2.48. The summed E-state index contributed by atoms with van der Waals surface area (Å²) in [4.78, 5) is 0. The first-order chi connectivity index (χ1) is 20.2. The molecule has 194 valence electrons. The van der Waals surface area contributed by atoms with Crippen molar-refractivity contribution in [3.63, 3.8) is 0 Å². The SMILES string of the molecule is Brc1ccc2c(c1)sc1cc(C3(c4ccccc4)c4ccccc4-c4c3ccc3c4Oc4ccccc4O3)ccc12. The molecule has 4 heteroatoms. The van der Waals surface area contributed by atoms with Crippen molar-refractivity contribution in [2.24, 2.45) is 0 Å². The van der Waals surface area contributed by atoms with Gasteiger partial charge in [0.05, 0.1) is 5.41 Å². The normalized spacial score (nSPS) is 16.4. The maximum Gasteiger partial charge on any atom is 0.178 e. The Morgan fingerprint density at radius 1 is 0.537 bits per heavy atom. The number of hydrogen-bond acceptors (Lipinski definition) is 3. The summed E-state index contributed by atoms with van der Waals surface area (Å²) in [6, 6.07) is 45.4. The van der Waals surface area contributed by atoms with Gasteiger partial charge in [0, 0.05) is 30.2 Å². The average Bonchev–Trinajstić information content (AvgIpc) is 3.53. The van der Waals surface area contributed by atoms with Crippen LogP contribution in [0.5, 0.6) is 23.0 Å². The van der Waals surface area contributed by atoms with E-state index >= 15 is 0 Å². The summed E-state index contributed by atoms with van der Waals surface area (Å²) >= 11 is 5.50. The third-order valence-corrected chi connectivity index (χ3v) is 10.1. The van der Waals surface area contributed by atoms with Gasteiger partial charge < -0.3 is 9.47 Å². The van der Waals surface area contributed by atoms with Gasteiger partial charge in [-0.05, 0) is 64.2 Å². The molecule has 2 nitrogen and oxygen atoms in total. The fraction of sp³-hybridized carbons (Fsp3) is 0.0270. The second kappa shape index (κ2) is 8.56. The van der Waals surface area contributed by atoms with Crippen LogP contribution in [0.4, 0.5) is 0 Å². The molecule has 1 aliphatic carbocycles. The third kappa shape index (κ3) is 3.17. The second-order valence-corrected chi connectivity index (χ2v) is 12.6. The summed E-state index contributed by atoms with van der Waals surface area (Å²) in [6.45, 7) is 0. The van der Waals surface area contributed by atoms with E-state index in [2.05, 4.69) is 119 Å². The van der Waals surface area contributed by atoms with Crippen LogP contribution in [0.2, 0.25) is 0 Å². The molecular formula is C37H21BrO2S. The molecule has 41 heavy (non-hydrogen) atoms. The number of rotatable bonds is 2. The molecule has 0 saturated carbocycles. The van der Waals surface area contributed by atoms with Crippen LogP contribution in [0.3, 0.4) is 0 Å². The van der Waals surface area contributed by atoms with Gasteiger partial charge in [-0.15, -0.1) is 11.3 Å². The lowest BCUT2D eigenvalue weighted by molar-refractivity contribution is 0.360. The quantitative estimate of drug-likeness (QED) is 0.194. The molecule has 1 atom stereocenters. The summed E-state index contributed by atoms with van der Waals surface area (Å²) in [6.07, 6.45) is 0. The van der Waals surface area contributed by atoms with Gasteiger partial charge in [-0.2, -0.15) is 0 Å². The van der Waals surface area contributed by atoms with Crippen LogP contribution in [0.25, 0.3) is 31.3 Å². The fourth-order valence-electron chi connectivity index (χ4n) is 6.81. The lowest BCUT2D eigenvalue weighted by atomic mass is 9.67. The molecular weight excluding hydrogens is 588 g/mol. The van der Waals surface area contributed by atoms with E-state index in [1.807, 2.05) is 35.6 Å². The molecule has 0 N–H and O–H groups in total. The Kier molecular flexibility index (Phi) is 4.87. The standard InChI is InChI=1S/C37H21BrO2S/c38-24-15-17-26-25-16-14-23(20-33(25)41-34(26)21-24)37(22-8-2-1-3-9-22)28-11-5-4-10-27(28)35-29(37)18-19-32-36(35)40-31-13-7-6-12-30(31)39-32/h1-21H. The number of benzene rings is 6. The van der Waals surface area contributed by atoms with Gasteiger partial charge in [0.25, 0.3) is 0 Å². The van der Waals surface area contributed by atoms with E-state index in [-0.39, 0.29) is 0 Å². The number of para-hydroxylation sites is 2. The van der Waals surface area contributed by atoms with Gasteiger partial charge in [-0.1, -0.05) is 107 Å². The minimum Gasteiger partial charge on any atom is -0.449 e. The van der Waals surface area contributed by atoms with E-state index in [1.165, 1.54) is 48.0 Å². The zero-order valence-corrected chi connectivity index (χ0v) is 24.1. The largest absolute Gasteiger partial charge is 0.449 e. The van der Waals surface area contributed by atoms with Crippen molar-refractivity contribution < 1.29 is 9.47 Å². The molecule has 0 bridgehead atoms. The Bertz CT molecular complexity index is 2180. The Labute approximate surface area is 249 Å². The van der Waals surface area contributed by atoms with E-state index < -0.39 is 5.41 Å².